The number of nitrogens with zero attached hydrogens (tertiary/aromatic N) is 1. The van der Waals surface area contributed by atoms with Crippen molar-refractivity contribution in [3.05, 3.63) is 48.0 Å². The Balaban J connectivity index is 1.50. The van der Waals surface area contributed by atoms with Crippen molar-refractivity contribution in [3.8, 4) is 23.0 Å². The van der Waals surface area contributed by atoms with Gasteiger partial charge in [0.2, 0.25) is 6.79 Å². The fourth-order valence-electron chi connectivity index (χ4n) is 2.19. The summed E-state index contributed by atoms with van der Waals surface area (Å²) < 4.78 is 21.4. The summed E-state index contributed by atoms with van der Waals surface area (Å²) >= 11 is 0. The molecule has 130 valence electrons. The number of carbonyl (C=O) groups excluding carboxylic acids is 1. The van der Waals surface area contributed by atoms with Crippen molar-refractivity contribution in [1.29, 1.82) is 0 Å². The molecule has 0 radical (unpaired) electrons. The third-order valence-electron chi connectivity index (χ3n) is 3.31. The number of rotatable bonds is 7. The molecule has 1 amide bonds. The van der Waals surface area contributed by atoms with E-state index in [2.05, 4.69) is 10.5 Å². The minimum Gasteiger partial charge on any atom is -0.490 e. The number of nitrogens with one attached hydrogen (secondary N) is 1. The van der Waals surface area contributed by atoms with E-state index in [9.17, 15) is 4.79 Å². The summed E-state index contributed by atoms with van der Waals surface area (Å²) in [5.74, 6) is 2.10. The lowest BCUT2D eigenvalue weighted by Crippen LogP contribution is -2.24. The van der Waals surface area contributed by atoms with Gasteiger partial charge in [-0.05, 0) is 42.8 Å². The number of hydrogen-bond acceptors (Lipinski definition) is 6. The average Bonchev–Trinajstić information content (AvgIpc) is 3.09. The molecule has 1 aliphatic heterocycles. The highest BCUT2D eigenvalue weighted by Gasteiger charge is 2.12. The molecule has 1 N–H and O–H groups in total. The van der Waals surface area contributed by atoms with Gasteiger partial charge in [0.15, 0.2) is 29.6 Å². The lowest BCUT2D eigenvalue weighted by molar-refractivity contribution is -0.123. The second-order valence-corrected chi connectivity index (χ2v) is 5.07. The number of hydrogen-bond donors (Lipinski definition) is 1. The number of benzene rings is 2. The maximum Gasteiger partial charge on any atom is 0.277 e. The van der Waals surface area contributed by atoms with Crippen LogP contribution in [0, 0.1) is 0 Å². The predicted molar refractivity (Wildman–Crippen MR) is 91.4 cm³/mol. The van der Waals surface area contributed by atoms with Crippen molar-refractivity contribution in [1.82, 2.24) is 5.43 Å². The Hall–Kier alpha value is -3.22. The number of para-hydroxylation sites is 2. The van der Waals surface area contributed by atoms with E-state index in [1.165, 1.54) is 6.21 Å². The summed E-state index contributed by atoms with van der Waals surface area (Å²) in [5, 5.41) is 3.91. The van der Waals surface area contributed by atoms with Crippen LogP contribution in [0.25, 0.3) is 0 Å². The zero-order valence-electron chi connectivity index (χ0n) is 13.7. The third-order valence-corrected chi connectivity index (χ3v) is 3.31. The van der Waals surface area contributed by atoms with Crippen LogP contribution in [0.15, 0.2) is 47.6 Å². The van der Waals surface area contributed by atoms with E-state index in [0.29, 0.717) is 29.6 Å². The van der Waals surface area contributed by atoms with Crippen LogP contribution in [0.1, 0.15) is 12.5 Å². The van der Waals surface area contributed by atoms with Gasteiger partial charge in [-0.3, -0.25) is 4.79 Å². The molecule has 0 fully saturated rings. The number of fused-ring (bicyclic) bond motifs is 1. The zero-order chi connectivity index (χ0) is 17.5. The molecule has 0 aliphatic carbocycles. The van der Waals surface area contributed by atoms with Crippen molar-refractivity contribution < 1.29 is 23.7 Å². The van der Waals surface area contributed by atoms with Crippen LogP contribution >= 0.6 is 0 Å². The molecule has 0 aromatic heterocycles. The number of carbonyl (C=O) groups is 1. The van der Waals surface area contributed by atoms with E-state index in [1.54, 1.807) is 24.3 Å². The fraction of sp³-hybridized carbons (Fsp3) is 0.222. The van der Waals surface area contributed by atoms with Gasteiger partial charge >= 0.3 is 0 Å². The highest BCUT2D eigenvalue weighted by Crippen LogP contribution is 2.32. The number of hydrazone groups is 1. The fourth-order valence-corrected chi connectivity index (χ4v) is 2.19. The van der Waals surface area contributed by atoms with Crippen LogP contribution in [-0.4, -0.2) is 32.1 Å². The van der Waals surface area contributed by atoms with Crippen molar-refractivity contribution >= 4 is 12.1 Å². The molecule has 0 bridgehead atoms. The normalized spacial score (nSPS) is 12.2. The van der Waals surface area contributed by atoms with Crippen molar-refractivity contribution in [2.75, 3.05) is 20.0 Å². The first-order valence-corrected chi connectivity index (χ1v) is 7.82. The quantitative estimate of drug-likeness (QED) is 0.617. The Kier molecular flexibility index (Phi) is 5.36. The van der Waals surface area contributed by atoms with Crippen molar-refractivity contribution in [3.63, 3.8) is 0 Å². The molecule has 2 aromatic carbocycles. The van der Waals surface area contributed by atoms with Crippen LogP contribution < -0.4 is 24.4 Å². The largest absolute Gasteiger partial charge is 0.490 e. The summed E-state index contributed by atoms with van der Waals surface area (Å²) in [7, 11) is 0. The van der Waals surface area contributed by atoms with Crippen LogP contribution in [0.5, 0.6) is 23.0 Å². The van der Waals surface area contributed by atoms with Crippen LogP contribution in [0.4, 0.5) is 0 Å². The van der Waals surface area contributed by atoms with E-state index in [4.69, 9.17) is 18.9 Å². The lowest BCUT2D eigenvalue weighted by atomic mass is 10.2. The first-order chi connectivity index (χ1) is 12.3. The van der Waals surface area contributed by atoms with Gasteiger partial charge in [-0.25, -0.2) is 5.43 Å². The van der Waals surface area contributed by atoms with Crippen LogP contribution in [-0.2, 0) is 4.79 Å². The first-order valence-electron chi connectivity index (χ1n) is 7.82. The van der Waals surface area contributed by atoms with Gasteiger partial charge in [0.05, 0.1) is 12.8 Å². The molecule has 1 aliphatic rings. The molecule has 25 heavy (non-hydrogen) atoms. The Morgan fingerprint density at radius 3 is 2.72 bits per heavy atom. The summed E-state index contributed by atoms with van der Waals surface area (Å²) in [6.45, 7) is 2.45. The topological polar surface area (TPSA) is 78.4 Å². The monoisotopic (exact) mass is 342 g/mol. The first kappa shape index (κ1) is 16.6. The molecule has 2 aromatic rings. The Morgan fingerprint density at radius 1 is 1.16 bits per heavy atom. The molecule has 3 rings (SSSR count). The Labute approximate surface area is 145 Å². The molecule has 0 saturated carbocycles. The summed E-state index contributed by atoms with van der Waals surface area (Å²) in [6, 6.07) is 12.6. The van der Waals surface area contributed by atoms with Crippen LogP contribution in [0.2, 0.25) is 0 Å². The molecule has 0 spiro atoms. The SMILES string of the molecule is CCOc1ccccc1OCC(=O)N/N=C/c1ccc2c(c1)OCO2. The Morgan fingerprint density at radius 2 is 1.92 bits per heavy atom. The van der Waals surface area contributed by atoms with Gasteiger partial charge in [0, 0.05) is 0 Å². The van der Waals surface area contributed by atoms with E-state index < -0.39 is 0 Å². The molecule has 0 atom stereocenters. The molecule has 7 heteroatoms. The summed E-state index contributed by atoms with van der Waals surface area (Å²) in [6.07, 6.45) is 1.52. The van der Waals surface area contributed by atoms with Gasteiger partial charge in [0.1, 0.15) is 0 Å². The Bertz CT molecular complexity index is 776. The molecule has 0 unspecified atom stereocenters. The van der Waals surface area contributed by atoms with Gasteiger partial charge in [0.25, 0.3) is 5.91 Å². The number of ether oxygens (including phenoxy) is 4. The average molecular weight is 342 g/mol. The van der Waals surface area contributed by atoms with E-state index in [1.807, 2.05) is 25.1 Å². The molecule has 0 saturated heterocycles. The highest BCUT2D eigenvalue weighted by molar-refractivity contribution is 5.83. The van der Waals surface area contributed by atoms with E-state index >= 15 is 0 Å². The molecule has 7 nitrogen and oxygen atoms in total. The minimum atomic E-state index is -0.372. The molecular formula is C18H18N2O5. The van der Waals surface area contributed by atoms with Crippen molar-refractivity contribution in [2.24, 2.45) is 5.10 Å². The standard InChI is InChI=1S/C18H18N2O5/c1-2-22-14-5-3-4-6-15(14)23-11-18(21)20-19-10-13-7-8-16-17(9-13)25-12-24-16/h3-10H,2,11-12H2,1H3,(H,20,21)/b19-10+. The second-order valence-electron chi connectivity index (χ2n) is 5.07. The predicted octanol–water partition coefficient (Wildman–Crippen LogP) is 2.34. The van der Waals surface area contributed by atoms with Gasteiger partial charge in [-0.1, -0.05) is 12.1 Å². The molecule has 1 heterocycles. The lowest BCUT2D eigenvalue weighted by Gasteiger charge is -2.10. The third kappa shape index (κ3) is 4.41. The maximum atomic E-state index is 11.8. The maximum absolute atomic E-state index is 11.8. The van der Waals surface area contributed by atoms with Crippen molar-refractivity contribution in [2.45, 2.75) is 6.92 Å². The second kappa shape index (κ2) is 8.05. The number of amides is 1. The van der Waals surface area contributed by atoms with Gasteiger partial charge in [-0.15, -0.1) is 0 Å². The zero-order valence-corrected chi connectivity index (χ0v) is 13.7. The van der Waals surface area contributed by atoms with Crippen LogP contribution in [0.3, 0.4) is 0 Å². The summed E-state index contributed by atoms with van der Waals surface area (Å²) in [4.78, 5) is 11.8. The highest BCUT2D eigenvalue weighted by atomic mass is 16.7. The minimum absolute atomic E-state index is 0.164. The van der Waals surface area contributed by atoms with E-state index in [-0.39, 0.29) is 19.3 Å². The molecular weight excluding hydrogens is 324 g/mol. The van der Waals surface area contributed by atoms with E-state index in [0.717, 1.165) is 5.56 Å². The summed E-state index contributed by atoms with van der Waals surface area (Å²) in [5.41, 5.74) is 3.20. The van der Waals surface area contributed by atoms with Gasteiger partial charge < -0.3 is 18.9 Å². The smallest absolute Gasteiger partial charge is 0.277 e. The van der Waals surface area contributed by atoms with Gasteiger partial charge in [-0.2, -0.15) is 5.10 Å².